The maximum absolute atomic E-state index is 11.9. The number of amides is 1. The molecule has 21 heavy (non-hydrogen) atoms. The average Bonchev–Trinajstić information content (AvgIpc) is 3.13. The van der Waals surface area contributed by atoms with Crippen molar-refractivity contribution in [3.05, 3.63) is 24.5 Å². The van der Waals surface area contributed by atoms with Crippen LogP contribution in [0.2, 0.25) is 0 Å². The standard InChI is InChI=1S/C13H18N4O3.ClH/c1-9(7-14)17(2)12(18)4-3-11-15-13(16-20-11)10-5-6-19-8-10;/h5-6,8-9H,3-4,7,14H2,1-2H3;1H. The summed E-state index contributed by atoms with van der Waals surface area (Å²) in [7, 11) is 1.74. The molecule has 8 heteroatoms. The Kier molecular flexibility index (Phi) is 6.39. The molecule has 0 bridgehead atoms. The normalized spacial score (nSPS) is 11.8. The number of nitrogens with zero attached hydrogens (tertiary/aromatic N) is 3. The number of halogens is 1. The average molecular weight is 315 g/mol. The fraction of sp³-hybridized carbons (Fsp3) is 0.462. The Morgan fingerprint density at radius 3 is 2.90 bits per heavy atom. The number of hydrogen-bond donors (Lipinski definition) is 1. The maximum atomic E-state index is 11.9. The van der Waals surface area contributed by atoms with E-state index < -0.39 is 0 Å². The smallest absolute Gasteiger partial charge is 0.227 e. The van der Waals surface area contributed by atoms with Gasteiger partial charge in [0.15, 0.2) is 0 Å². The minimum atomic E-state index is 0. The van der Waals surface area contributed by atoms with Crippen molar-refractivity contribution in [2.24, 2.45) is 5.73 Å². The molecule has 0 aliphatic heterocycles. The molecule has 7 nitrogen and oxygen atoms in total. The lowest BCUT2D eigenvalue weighted by Crippen LogP contribution is -2.39. The van der Waals surface area contributed by atoms with Crippen LogP contribution in [0.5, 0.6) is 0 Å². The molecule has 2 aromatic heterocycles. The summed E-state index contributed by atoms with van der Waals surface area (Å²) in [5, 5.41) is 3.84. The van der Waals surface area contributed by atoms with Gasteiger partial charge in [0.1, 0.15) is 6.26 Å². The van der Waals surface area contributed by atoms with Crippen LogP contribution in [-0.4, -0.2) is 40.6 Å². The van der Waals surface area contributed by atoms with Crippen molar-refractivity contribution in [1.82, 2.24) is 15.0 Å². The van der Waals surface area contributed by atoms with Crippen LogP contribution in [-0.2, 0) is 11.2 Å². The number of furan rings is 1. The van der Waals surface area contributed by atoms with E-state index in [1.165, 1.54) is 12.5 Å². The van der Waals surface area contributed by atoms with Crippen molar-refractivity contribution in [1.29, 1.82) is 0 Å². The summed E-state index contributed by atoms with van der Waals surface area (Å²) in [4.78, 5) is 17.8. The van der Waals surface area contributed by atoms with Crippen LogP contribution in [0.25, 0.3) is 11.4 Å². The molecule has 2 N–H and O–H groups in total. The zero-order valence-corrected chi connectivity index (χ0v) is 12.8. The summed E-state index contributed by atoms with van der Waals surface area (Å²) in [6.07, 6.45) is 3.80. The molecule has 1 amide bonds. The van der Waals surface area contributed by atoms with Gasteiger partial charge in [-0.2, -0.15) is 4.98 Å². The van der Waals surface area contributed by atoms with Gasteiger partial charge in [0, 0.05) is 32.5 Å². The summed E-state index contributed by atoms with van der Waals surface area (Å²) in [6.45, 7) is 2.34. The quantitative estimate of drug-likeness (QED) is 0.867. The van der Waals surface area contributed by atoms with Gasteiger partial charge in [-0.1, -0.05) is 5.16 Å². The van der Waals surface area contributed by atoms with Gasteiger partial charge < -0.3 is 19.6 Å². The van der Waals surface area contributed by atoms with Gasteiger partial charge in [0.25, 0.3) is 0 Å². The zero-order valence-electron chi connectivity index (χ0n) is 12.0. The second-order valence-electron chi connectivity index (χ2n) is 4.61. The van der Waals surface area contributed by atoms with E-state index in [1.54, 1.807) is 18.0 Å². The zero-order chi connectivity index (χ0) is 14.5. The van der Waals surface area contributed by atoms with Gasteiger partial charge in [-0.3, -0.25) is 4.79 Å². The predicted octanol–water partition coefficient (Wildman–Crippen LogP) is 1.49. The van der Waals surface area contributed by atoms with Gasteiger partial charge in [-0.05, 0) is 13.0 Å². The SMILES string of the molecule is CC(CN)N(C)C(=O)CCc1nc(-c2ccoc2)no1.Cl. The van der Waals surface area contributed by atoms with Crippen LogP contribution in [0.3, 0.4) is 0 Å². The largest absolute Gasteiger partial charge is 0.472 e. The second-order valence-corrected chi connectivity index (χ2v) is 4.61. The van der Waals surface area contributed by atoms with E-state index in [1.807, 2.05) is 6.92 Å². The first-order valence-corrected chi connectivity index (χ1v) is 6.42. The van der Waals surface area contributed by atoms with Crippen molar-refractivity contribution in [3.8, 4) is 11.4 Å². The highest BCUT2D eigenvalue weighted by atomic mass is 35.5. The lowest BCUT2D eigenvalue weighted by atomic mass is 10.2. The summed E-state index contributed by atoms with van der Waals surface area (Å²) in [5.74, 6) is 0.902. The van der Waals surface area contributed by atoms with E-state index >= 15 is 0 Å². The van der Waals surface area contributed by atoms with Gasteiger partial charge in [-0.25, -0.2) is 0 Å². The molecule has 0 aromatic carbocycles. The molecule has 0 aliphatic carbocycles. The van der Waals surface area contributed by atoms with Crippen LogP contribution in [0.1, 0.15) is 19.2 Å². The minimum Gasteiger partial charge on any atom is -0.472 e. The maximum Gasteiger partial charge on any atom is 0.227 e. The molecular weight excluding hydrogens is 296 g/mol. The van der Waals surface area contributed by atoms with E-state index in [0.29, 0.717) is 31.1 Å². The molecule has 0 spiro atoms. The van der Waals surface area contributed by atoms with Gasteiger partial charge in [0.2, 0.25) is 17.6 Å². The lowest BCUT2D eigenvalue weighted by Gasteiger charge is -2.23. The molecule has 1 atom stereocenters. The van der Waals surface area contributed by atoms with E-state index in [4.69, 9.17) is 14.7 Å². The highest BCUT2D eigenvalue weighted by Gasteiger charge is 2.16. The Morgan fingerprint density at radius 1 is 1.52 bits per heavy atom. The Labute approximate surface area is 128 Å². The first-order valence-electron chi connectivity index (χ1n) is 6.42. The number of aryl methyl sites for hydroxylation is 1. The van der Waals surface area contributed by atoms with E-state index in [2.05, 4.69) is 10.1 Å². The summed E-state index contributed by atoms with van der Waals surface area (Å²) >= 11 is 0. The highest BCUT2D eigenvalue weighted by molar-refractivity contribution is 5.85. The molecule has 1 unspecified atom stereocenters. The fourth-order valence-corrected chi connectivity index (χ4v) is 1.66. The van der Waals surface area contributed by atoms with Crippen LogP contribution in [0.4, 0.5) is 0 Å². The summed E-state index contributed by atoms with van der Waals surface area (Å²) < 4.78 is 10.1. The Bertz CT molecular complexity index is 556. The van der Waals surface area contributed by atoms with Crippen LogP contribution in [0, 0.1) is 0 Å². The fourth-order valence-electron chi connectivity index (χ4n) is 1.66. The number of likely N-dealkylation sites (N-methyl/N-ethyl adjacent to an activating group) is 1. The van der Waals surface area contributed by atoms with E-state index in [9.17, 15) is 4.79 Å². The van der Waals surface area contributed by atoms with Crippen molar-refractivity contribution in [3.63, 3.8) is 0 Å². The number of hydrogen-bond acceptors (Lipinski definition) is 6. The lowest BCUT2D eigenvalue weighted by molar-refractivity contribution is -0.131. The monoisotopic (exact) mass is 314 g/mol. The first kappa shape index (κ1) is 17.2. The van der Waals surface area contributed by atoms with E-state index in [-0.39, 0.29) is 24.4 Å². The number of carbonyl (C=O) groups excluding carboxylic acids is 1. The summed E-state index contributed by atoms with van der Waals surface area (Å²) in [6, 6.07) is 1.77. The molecule has 0 radical (unpaired) electrons. The molecule has 2 aromatic rings. The molecular formula is C13H19ClN4O3. The Balaban J connectivity index is 0.00000220. The molecule has 2 rings (SSSR count). The van der Waals surface area contributed by atoms with Gasteiger partial charge >= 0.3 is 0 Å². The van der Waals surface area contributed by atoms with Gasteiger partial charge in [-0.15, -0.1) is 12.4 Å². The minimum absolute atomic E-state index is 0. The summed E-state index contributed by atoms with van der Waals surface area (Å²) in [5.41, 5.74) is 6.28. The molecule has 0 saturated heterocycles. The highest BCUT2D eigenvalue weighted by Crippen LogP contribution is 2.16. The van der Waals surface area contributed by atoms with Crippen molar-refractivity contribution < 1.29 is 13.7 Å². The number of carbonyl (C=O) groups is 1. The molecule has 116 valence electrons. The van der Waals surface area contributed by atoms with Crippen molar-refractivity contribution >= 4 is 18.3 Å². The molecule has 0 aliphatic rings. The third kappa shape index (κ3) is 4.30. The Hall–Kier alpha value is -1.86. The van der Waals surface area contributed by atoms with Gasteiger partial charge in [0.05, 0.1) is 11.8 Å². The number of rotatable bonds is 6. The topological polar surface area (TPSA) is 98.4 Å². The number of aromatic nitrogens is 2. The van der Waals surface area contributed by atoms with Crippen LogP contribution < -0.4 is 5.73 Å². The Morgan fingerprint density at radius 2 is 2.29 bits per heavy atom. The third-order valence-electron chi connectivity index (χ3n) is 3.20. The third-order valence-corrected chi connectivity index (χ3v) is 3.20. The molecule has 0 saturated carbocycles. The molecule has 2 heterocycles. The second kappa shape index (κ2) is 7.80. The molecule has 0 fully saturated rings. The predicted molar refractivity (Wildman–Crippen MR) is 78.9 cm³/mol. The van der Waals surface area contributed by atoms with E-state index in [0.717, 1.165) is 5.56 Å². The first-order chi connectivity index (χ1) is 9.61. The van der Waals surface area contributed by atoms with Crippen LogP contribution >= 0.6 is 12.4 Å². The number of nitrogens with two attached hydrogens (primary N) is 1. The van der Waals surface area contributed by atoms with Crippen molar-refractivity contribution in [2.75, 3.05) is 13.6 Å². The van der Waals surface area contributed by atoms with Crippen LogP contribution in [0.15, 0.2) is 27.5 Å². The van der Waals surface area contributed by atoms with Crippen molar-refractivity contribution in [2.45, 2.75) is 25.8 Å².